The summed E-state index contributed by atoms with van der Waals surface area (Å²) in [5.41, 5.74) is 1.58. The van der Waals surface area contributed by atoms with Crippen LogP contribution in [0.3, 0.4) is 0 Å². The van der Waals surface area contributed by atoms with Gasteiger partial charge in [-0.2, -0.15) is 0 Å². The summed E-state index contributed by atoms with van der Waals surface area (Å²) in [5.74, 6) is 0.215. The van der Waals surface area contributed by atoms with Crippen molar-refractivity contribution in [3.05, 3.63) is 65.7 Å². The lowest BCUT2D eigenvalue weighted by Crippen LogP contribution is -2.16. The van der Waals surface area contributed by atoms with Crippen LogP contribution in [0.4, 0.5) is 5.69 Å². The molecule has 0 bridgehead atoms. The van der Waals surface area contributed by atoms with E-state index < -0.39 is 7.59 Å². The van der Waals surface area contributed by atoms with Crippen molar-refractivity contribution < 1.29 is 9.53 Å². The molecule has 0 aliphatic carbocycles. The smallest absolute Gasteiger partial charge is 0.255 e. The first kappa shape index (κ1) is 29.0. The zero-order valence-corrected chi connectivity index (χ0v) is 23.6. The standard InChI is InChI=1S/C24H22Cl6N4O2/c1-2-3-4-5-14-36-18-12-8-16(9-13-18)20(35)31-17-10-6-15(7-11-17)19-32-21(23(25,26)27)34-22(33-19)24(28,29)30/h6-13H,2-5,14H2,1H3,(H,31,35). The molecule has 0 aliphatic heterocycles. The van der Waals surface area contributed by atoms with Gasteiger partial charge in [-0.05, 0) is 55.0 Å². The molecular weight excluding hydrogens is 589 g/mol. The number of unbranched alkanes of at least 4 members (excludes halogenated alkanes) is 3. The molecular formula is C24H22Cl6N4O2. The molecule has 2 aromatic carbocycles. The zero-order chi connectivity index (χ0) is 26.3. The SMILES string of the molecule is CCCCCCOc1ccc(C(=O)Nc2ccc(-c3nc(C(Cl)(Cl)Cl)nc(C(Cl)(Cl)Cl)n3)cc2)cc1. The second-order valence-electron chi connectivity index (χ2n) is 7.77. The molecule has 3 rings (SSSR count). The third-order valence-corrected chi connectivity index (χ3v) is 5.94. The maximum Gasteiger partial charge on any atom is 0.255 e. The first-order chi connectivity index (χ1) is 17.0. The third-order valence-electron chi connectivity index (χ3n) is 4.93. The number of benzene rings is 2. The largest absolute Gasteiger partial charge is 0.494 e. The topological polar surface area (TPSA) is 77.0 Å². The van der Waals surface area contributed by atoms with Crippen molar-refractivity contribution in [1.82, 2.24) is 15.0 Å². The van der Waals surface area contributed by atoms with E-state index in [0.717, 1.165) is 18.6 Å². The van der Waals surface area contributed by atoms with E-state index in [2.05, 4.69) is 27.2 Å². The average Bonchev–Trinajstić information content (AvgIpc) is 2.83. The van der Waals surface area contributed by atoms with Crippen molar-refractivity contribution in [1.29, 1.82) is 0 Å². The fraction of sp³-hybridized carbons (Fsp3) is 0.333. The summed E-state index contributed by atoms with van der Waals surface area (Å²) in [5, 5.41) is 2.83. The summed E-state index contributed by atoms with van der Waals surface area (Å²) in [6.45, 7) is 2.83. The molecule has 0 atom stereocenters. The number of nitrogens with one attached hydrogen (secondary N) is 1. The monoisotopic (exact) mass is 608 g/mol. The van der Waals surface area contributed by atoms with Crippen molar-refractivity contribution in [2.45, 2.75) is 40.2 Å². The van der Waals surface area contributed by atoms with Gasteiger partial charge in [0.2, 0.25) is 7.59 Å². The van der Waals surface area contributed by atoms with Crippen LogP contribution in [0.25, 0.3) is 11.4 Å². The lowest BCUT2D eigenvalue weighted by Gasteiger charge is -2.15. The van der Waals surface area contributed by atoms with Crippen LogP contribution in [0.1, 0.15) is 54.6 Å². The Kier molecular flexibility index (Phi) is 10.3. The van der Waals surface area contributed by atoms with Crippen molar-refractivity contribution in [2.24, 2.45) is 0 Å². The van der Waals surface area contributed by atoms with E-state index in [1.807, 2.05) is 0 Å². The highest BCUT2D eigenvalue weighted by molar-refractivity contribution is 6.67. The minimum absolute atomic E-state index is 0.135. The average molecular weight is 611 g/mol. The van der Waals surface area contributed by atoms with Crippen LogP contribution in [-0.4, -0.2) is 27.5 Å². The van der Waals surface area contributed by atoms with Crippen molar-refractivity contribution >= 4 is 81.2 Å². The summed E-state index contributed by atoms with van der Waals surface area (Å²) in [6.07, 6.45) is 4.53. The number of aromatic nitrogens is 3. The molecule has 0 saturated heterocycles. The van der Waals surface area contributed by atoms with E-state index in [4.69, 9.17) is 74.3 Å². The summed E-state index contributed by atoms with van der Waals surface area (Å²) in [7, 11) is 0. The molecule has 0 saturated carbocycles. The molecule has 0 unspecified atom stereocenters. The van der Waals surface area contributed by atoms with Gasteiger partial charge in [-0.3, -0.25) is 4.79 Å². The van der Waals surface area contributed by atoms with Gasteiger partial charge in [0.1, 0.15) is 5.75 Å². The highest BCUT2D eigenvalue weighted by Crippen LogP contribution is 2.40. The van der Waals surface area contributed by atoms with E-state index in [9.17, 15) is 4.79 Å². The van der Waals surface area contributed by atoms with Gasteiger partial charge >= 0.3 is 0 Å². The van der Waals surface area contributed by atoms with Crippen LogP contribution >= 0.6 is 69.6 Å². The Balaban J connectivity index is 1.68. The minimum Gasteiger partial charge on any atom is -0.494 e. The van der Waals surface area contributed by atoms with Crippen LogP contribution in [0.15, 0.2) is 48.5 Å². The van der Waals surface area contributed by atoms with Crippen molar-refractivity contribution in [3.63, 3.8) is 0 Å². The third kappa shape index (κ3) is 8.51. The van der Waals surface area contributed by atoms with E-state index >= 15 is 0 Å². The van der Waals surface area contributed by atoms with E-state index in [0.29, 0.717) is 23.4 Å². The molecule has 0 radical (unpaired) electrons. The molecule has 0 aliphatic rings. The van der Waals surface area contributed by atoms with Gasteiger partial charge in [0.05, 0.1) is 6.61 Å². The van der Waals surface area contributed by atoms with Gasteiger partial charge < -0.3 is 10.1 Å². The predicted molar refractivity (Wildman–Crippen MR) is 148 cm³/mol. The highest BCUT2D eigenvalue weighted by atomic mass is 35.6. The number of alkyl halides is 6. The quantitative estimate of drug-likeness (QED) is 0.194. The second-order valence-corrected chi connectivity index (χ2v) is 12.3. The molecule has 1 heterocycles. The lowest BCUT2D eigenvalue weighted by molar-refractivity contribution is 0.102. The molecule has 1 amide bonds. The van der Waals surface area contributed by atoms with Gasteiger partial charge in [0.15, 0.2) is 17.5 Å². The van der Waals surface area contributed by atoms with Gasteiger partial charge in [0.25, 0.3) is 5.91 Å². The summed E-state index contributed by atoms with van der Waals surface area (Å²) in [4.78, 5) is 25.0. The van der Waals surface area contributed by atoms with Crippen LogP contribution in [0, 0.1) is 0 Å². The maximum atomic E-state index is 12.6. The molecule has 192 valence electrons. The molecule has 12 heteroatoms. The Morgan fingerprint density at radius 1 is 0.806 bits per heavy atom. The van der Waals surface area contributed by atoms with Crippen molar-refractivity contribution in [2.75, 3.05) is 11.9 Å². The van der Waals surface area contributed by atoms with Gasteiger partial charge in [-0.25, -0.2) is 15.0 Å². The molecule has 36 heavy (non-hydrogen) atoms. The fourth-order valence-electron chi connectivity index (χ4n) is 3.09. The summed E-state index contributed by atoms with van der Waals surface area (Å²) < 4.78 is 1.82. The van der Waals surface area contributed by atoms with E-state index in [1.54, 1.807) is 48.5 Å². The number of hydrogen-bond donors (Lipinski definition) is 1. The number of nitrogens with zero attached hydrogens (tertiary/aromatic N) is 3. The van der Waals surface area contributed by atoms with Gasteiger partial charge in [-0.15, -0.1) is 0 Å². The number of carbonyl (C=O) groups excluding carboxylic acids is 1. The predicted octanol–water partition coefficient (Wildman–Crippen LogP) is 8.40. The van der Waals surface area contributed by atoms with E-state index in [-0.39, 0.29) is 23.4 Å². The Hall–Kier alpha value is -1.54. The number of carbonyl (C=O) groups is 1. The number of ether oxygens (including phenoxy) is 1. The Morgan fingerprint density at radius 3 is 1.92 bits per heavy atom. The summed E-state index contributed by atoms with van der Waals surface area (Å²) in [6, 6.07) is 13.7. The fourth-order valence-corrected chi connectivity index (χ4v) is 3.59. The molecule has 1 aromatic heterocycles. The van der Waals surface area contributed by atoms with Crippen LogP contribution in [-0.2, 0) is 7.59 Å². The normalized spacial score (nSPS) is 11.9. The number of rotatable bonds is 9. The number of halogens is 6. The van der Waals surface area contributed by atoms with Crippen LogP contribution in [0.2, 0.25) is 0 Å². The maximum absolute atomic E-state index is 12.6. The lowest BCUT2D eigenvalue weighted by atomic mass is 10.1. The first-order valence-electron chi connectivity index (χ1n) is 11.0. The number of anilines is 1. The minimum atomic E-state index is -1.95. The Bertz CT molecular complexity index is 1130. The molecule has 6 nitrogen and oxygen atoms in total. The first-order valence-corrected chi connectivity index (χ1v) is 13.3. The highest BCUT2D eigenvalue weighted by Gasteiger charge is 2.34. The molecule has 1 N–H and O–H groups in total. The Labute approximate surface area is 239 Å². The van der Waals surface area contributed by atoms with Crippen LogP contribution in [0.5, 0.6) is 5.75 Å². The van der Waals surface area contributed by atoms with Gasteiger partial charge in [-0.1, -0.05) is 95.8 Å². The van der Waals surface area contributed by atoms with E-state index in [1.165, 1.54) is 12.8 Å². The number of amides is 1. The molecule has 0 fully saturated rings. The van der Waals surface area contributed by atoms with Crippen LogP contribution < -0.4 is 10.1 Å². The summed E-state index contributed by atoms with van der Waals surface area (Å²) >= 11 is 35.6. The van der Waals surface area contributed by atoms with Gasteiger partial charge in [0, 0.05) is 16.8 Å². The Morgan fingerprint density at radius 2 is 1.39 bits per heavy atom. The molecule has 3 aromatic rings. The molecule has 0 spiro atoms. The second kappa shape index (κ2) is 12.8. The number of hydrogen-bond acceptors (Lipinski definition) is 5. The van der Waals surface area contributed by atoms with Crippen molar-refractivity contribution in [3.8, 4) is 17.1 Å². The zero-order valence-electron chi connectivity index (χ0n) is 19.1.